The number of allylic oxidation sites excluding steroid dienone is 3. The first kappa shape index (κ1) is 24.8. The van der Waals surface area contributed by atoms with Crippen molar-refractivity contribution in [2.45, 2.75) is 77.4 Å². The van der Waals surface area contributed by atoms with Gasteiger partial charge in [0, 0.05) is 35.6 Å². The van der Waals surface area contributed by atoms with E-state index in [1.165, 1.54) is 30.2 Å². The smallest absolute Gasteiger partial charge is 0.188 e. The number of nitrogens with zero attached hydrogens (tertiary/aromatic N) is 1. The van der Waals surface area contributed by atoms with Crippen molar-refractivity contribution in [2.75, 3.05) is 13.7 Å². The van der Waals surface area contributed by atoms with Gasteiger partial charge in [0.05, 0.1) is 18.4 Å². The number of hydrogen-bond acceptors (Lipinski definition) is 5. The molecule has 3 unspecified atom stereocenters. The predicted octanol–water partition coefficient (Wildman–Crippen LogP) is 7.53. The maximum atomic E-state index is 10.8. The summed E-state index contributed by atoms with van der Waals surface area (Å²) < 4.78 is 12.9. The average molecular weight is 489 g/mol. The molecule has 1 aromatic heterocycles. The minimum atomic E-state index is -0.193. The lowest BCUT2D eigenvalue weighted by Crippen LogP contribution is -2.50. The van der Waals surface area contributed by atoms with Crippen LogP contribution in [-0.4, -0.2) is 29.8 Å². The highest BCUT2D eigenvalue weighted by molar-refractivity contribution is 5.88. The molecule has 2 aliphatic carbocycles. The molecule has 0 fully saturated rings. The number of hydrogen-bond donors (Lipinski definition) is 2. The van der Waals surface area contributed by atoms with Crippen molar-refractivity contribution in [1.29, 1.82) is 0 Å². The second kappa shape index (κ2) is 11.0. The standard InChI is InChI=1S/C31H40N2O3/c1-4-6-12-21(5-2)20-35-29-19-26(32-31(33(29)3)25-14-7-9-17-27(25)34)24-16-11-15-23-22-13-8-10-18-28(22)36-30(23)24/h7,10-11,14-16,18-19,21,26,31-32,34H,4-6,8-9,12-13,17,20H2,1-3H3. The Bertz CT molecular complexity index is 1200. The zero-order valence-corrected chi connectivity index (χ0v) is 21.9. The summed E-state index contributed by atoms with van der Waals surface area (Å²) >= 11 is 0. The molecule has 3 atom stereocenters. The summed E-state index contributed by atoms with van der Waals surface area (Å²) in [5.74, 6) is 2.82. The molecule has 1 aliphatic heterocycles. The number of benzene rings is 1. The first-order chi connectivity index (χ1) is 17.6. The van der Waals surface area contributed by atoms with Crippen LogP contribution in [0.3, 0.4) is 0 Å². The van der Waals surface area contributed by atoms with Crippen LogP contribution in [0.1, 0.15) is 81.7 Å². The minimum Gasteiger partial charge on any atom is -0.512 e. The lowest BCUT2D eigenvalue weighted by atomic mass is 9.95. The molecule has 2 aromatic rings. The summed E-state index contributed by atoms with van der Waals surface area (Å²) in [6.07, 6.45) is 18.8. The maximum absolute atomic E-state index is 10.8. The van der Waals surface area contributed by atoms with Crippen LogP contribution in [0.5, 0.6) is 0 Å². The number of aliphatic hydroxyl groups excluding tert-OH is 1. The van der Waals surface area contributed by atoms with E-state index in [0.717, 1.165) is 54.0 Å². The van der Waals surface area contributed by atoms with E-state index in [1.807, 2.05) is 7.05 Å². The van der Waals surface area contributed by atoms with Gasteiger partial charge in [0.25, 0.3) is 0 Å². The van der Waals surface area contributed by atoms with Crippen molar-refractivity contribution in [2.24, 2.45) is 5.92 Å². The number of aliphatic hydroxyl groups is 1. The van der Waals surface area contributed by atoms with E-state index >= 15 is 0 Å². The van der Waals surface area contributed by atoms with Gasteiger partial charge in [0.1, 0.15) is 17.5 Å². The number of ether oxygens (including phenoxy) is 1. The number of fused-ring (bicyclic) bond motifs is 3. The molecule has 5 nitrogen and oxygen atoms in total. The molecule has 0 spiro atoms. The number of unbranched alkanes of at least 4 members (excludes halogenated alkanes) is 1. The molecule has 1 aromatic carbocycles. The lowest BCUT2D eigenvalue weighted by molar-refractivity contribution is 0.0617. The van der Waals surface area contributed by atoms with E-state index in [2.05, 4.69) is 72.6 Å². The highest BCUT2D eigenvalue weighted by Gasteiger charge is 2.33. The lowest BCUT2D eigenvalue weighted by Gasteiger charge is -2.40. The number of likely N-dealkylation sites (N-methyl/N-ethyl adjacent to an activating group) is 1. The van der Waals surface area contributed by atoms with Gasteiger partial charge >= 0.3 is 0 Å². The molecule has 3 aliphatic rings. The van der Waals surface area contributed by atoms with Crippen LogP contribution in [0.2, 0.25) is 0 Å². The highest BCUT2D eigenvalue weighted by atomic mass is 16.5. The van der Waals surface area contributed by atoms with Gasteiger partial charge in [-0.3, -0.25) is 5.32 Å². The van der Waals surface area contributed by atoms with Crippen LogP contribution in [0.25, 0.3) is 17.0 Å². The third kappa shape index (κ3) is 4.86. The molecular weight excluding hydrogens is 448 g/mol. The van der Waals surface area contributed by atoms with E-state index in [4.69, 9.17) is 9.15 Å². The van der Waals surface area contributed by atoms with Crippen molar-refractivity contribution >= 4 is 17.0 Å². The number of furan rings is 1. The van der Waals surface area contributed by atoms with Crippen molar-refractivity contribution < 1.29 is 14.3 Å². The van der Waals surface area contributed by atoms with Gasteiger partial charge in [0.15, 0.2) is 5.88 Å². The predicted molar refractivity (Wildman–Crippen MR) is 146 cm³/mol. The summed E-state index contributed by atoms with van der Waals surface area (Å²) in [6.45, 7) is 5.20. The van der Waals surface area contributed by atoms with Crippen LogP contribution >= 0.6 is 0 Å². The van der Waals surface area contributed by atoms with E-state index in [0.29, 0.717) is 24.7 Å². The molecular formula is C31H40N2O3. The van der Waals surface area contributed by atoms with E-state index in [9.17, 15) is 5.11 Å². The summed E-state index contributed by atoms with van der Waals surface area (Å²) in [4.78, 5) is 2.13. The van der Waals surface area contributed by atoms with Gasteiger partial charge in [-0.25, -0.2) is 0 Å². The van der Waals surface area contributed by atoms with E-state index in [1.54, 1.807) is 0 Å². The molecule has 36 heavy (non-hydrogen) atoms. The molecule has 0 radical (unpaired) electrons. The third-order valence-electron chi connectivity index (χ3n) is 7.91. The van der Waals surface area contributed by atoms with Gasteiger partial charge in [-0.05, 0) is 43.8 Å². The first-order valence-electron chi connectivity index (χ1n) is 13.7. The largest absolute Gasteiger partial charge is 0.512 e. The quantitative estimate of drug-likeness (QED) is 0.382. The average Bonchev–Trinajstić information content (AvgIpc) is 3.29. The first-order valence-corrected chi connectivity index (χ1v) is 13.7. The zero-order valence-electron chi connectivity index (χ0n) is 21.9. The minimum absolute atomic E-state index is 0.104. The third-order valence-corrected chi connectivity index (χ3v) is 7.91. The number of rotatable bonds is 9. The van der Waals surface area contributed by atoms with Crippen molar-refractivity contribution in [1.82, 2.24) is 10.2 Å². The number of aryl methyl sites for hydroxylation is 1. The topological polar surface area (TPSA) is 57.9 Å². The Labute approximate surface area is 215 Å². The van der Waals surface area contributed by atoms with Crippen molar-refractivity contribution in [3.8, 4) is 0 Å². The van der Waals surface area contributed by atoms with Crippen LogP contribution < -0.4 is 5.32 Å². The SMILES string of the molecule is CCCCC(CC)COC1=CC(c2cccc3c4c(oc23)C=CCC4)NC(C2=C(O)CCC=C2)N1C. The van der Waals surface area contributed by atoms with Crippen molar-refractivity contribution in [3.63, 3.8) is 0 Å². The summed E-state index contributed by atoms with van der Waals surface area (Å²) in [5.41, 5.74) is 4.26. The van der Waals surface area contributed by atoms with Gasteiger partial charge in [-0.1, -0.05) is 69.5 Å². The molecule has 0 amide bonds. The molecule has 0 saturated heterocycles. The van der Waals surface area contributed by atoms with Gasteiger partial charge in [-0.15, -0.1) is 0 Å². The second-order valence-corrected chi connectivity index (χ2v) is 10.3. The Balaban J connectivity index is 1.51. The number of para-hydroxylation sites is 1. The maximum Gasteiger partial charge on any atom is 0.188 e. The van der Waals surface area contributed by atoms with Crippen LogP contribution in [0.4, 0.5) is 0 Å². The Hall–Kier alpha value is -2.92. The molecule has 192 valence electrons. The van der Waals surface area contributed by atoms with Crippen LogP contribution in [0, 0.1) is 5.92 Å². The highest BCUT2D eigenvalue weighted by Crippen LogP contribution is 2.38. The van der Waals surface area contributed by atoms with E-state index in [-0.39, 0.29) is 12.2 Å². The monoisotopic (exact) mass is 488 g/mol. The normalized spacial score (nSPS) is 22.6. The molecule has 2 N–H and O–H groups in total. The fourth-order valence-electron chi connectivity index (χ4n) is 5.63. The van der Waals surface area contributed by atoms with Crippen LogP contribution in [0.15, 0.2) is 64.1 Å². The summed E-state index contributed by atoms with van der Waals surface area (Å²) in [6, 6.07) is 6.35. The zero-order chi connectivity index (χ0) is 25.1. The number of nitrogens with one attached hydrogen (secondary N) is 1. The van der Waals surface area contributed by atoms with Crippen molar-refractivity contribution in [3.05, 3.63) is 76.6 Å². The van der Waals surface area contributed by atoms with Crippen LogP contribution in [-0.2, 0) is 11.2 Å². The van der Waals surface area contributed by atoms with Gasteiger partial charge < -0.3 is 19.2 Å². The fraction of sp³-hybridized carbons (Fsp3) is 0.484. The van der Waals surface area contributed by atoms with Gasteiger partial charge in [-0.2, -0.15) is 0 Å². The summed E-state index contributed by atoms with van der Waals surface area (Å²) in [7, 11) is 2.05. The molecule has 0 saturated carbocycles. The van der Waals surface area contributed by atoms with E-state index < -0.39 is 0 Å². The Morgan fingerprint density at radius 3 is 2.81 bits per heavy atom. The Morgan fingerprint density at radius 2 is 2.00 bits per heavy atom. The second-order valence-electron chi connectivity index (χ2n) is 10.3. The molecule has 5 heteroatoms. The molecule has 0 bridgehead atoms. The molecule has 5 rings (SSSR count). The summed E-state index contributed by atoms with van der Waals surface area (Å²) in [5, 5.41) is 15.8. The van der Waals surface area contributed by atoms with Gasteiger partial charge in [0.2, 0.25) is 0 Å². The Morgan fingerprint density at radius 1 is 1.17 bits per heavy atom. The fourth-order valence-corrected chi connectivity index (χ4v) is 5.63. The molecule has 2 heterocycles. The Kier molecular flexibility index (Phi) is 7.56.